The second kappa shape index (κ2) is 8.06. The highest BCUT2D eigenvalue weighted by atomic mass is 19.3. The molecule has 0 atom stereocenters. The average molecular weight is 535 g/mol. The number of fused-ring (bicyclic) bond motifs is 1. The van der Waals surface area contributed by atoms with Gasteiger partial charge >= 0.3 is 6.03 Å². The molecule has 204 valence electrons. The highest BCUT2D eigenvalue weighted by molar-refractivity contribution is 5.96. The molecule has 1 aliphatic carbocycles. The molecule has 0 radical (unpaired) electrons. The van der Waals surface area contributed by atoms with E-state index in [2.05, 4.69) is 25.6 Å². The van der Waals surface area contributed by atoms with Crippen LogP contribution < -0.4 is 10.2 Å². The molecule has 3 aromatic heterocycles. The predicted octanol–water partition coefficient (Wildman–Crippen LogP) is 4.91. The van der Waals surface area contributed by atoms with E-state index in [0.29, 0.717) is 46.6 Å². The Morgan fingerprint density at radius 1 is 1.13 bits per heavy atom. The van der Waals surface area contributed by atoms with Crippen molar-refractivity contribution in [3.05, 3.63) is 18.5 Å². The van der Waals surface area contributed by atoms with E-state index in [9.17, 15) is 22.4 Å². The van der Waals surface area contributed by atoms with Gasteiger partial charge in [-0.1, -0.05) is 0 Å². The van der Waals surface area contributed by atoms with Crippen molar-refractivity contribution in [1.82, 2.24) is 29.9 Å². The molecule has 2 aliphatic heterocycles. The Morgan fingerprint density at radius 3 is 2.50 bits per heavy atom. The molecule has 0 unspecified atom stereocenters. The van der Waals surface area contributed by atoms with Crippen molar-refractivity contribution in [2.45, 2.75) is 75.8 Å². The van der Waals surface area contributed by atoms with Crippen molar-refractivity contribution in [3.63, 3.8) is 0 Å². The molecule has 6 rings (SSSR count). The van der Waals surface area contributed by atoms with Gasteiger partial charge in [-0.05, 0) is 46.1 Å². The molecular weight excluding hydrogens is 504 g/mol. The Bertz CT molecular complexity index is 1400. The van der Waals surface area contributed by atoms with Crippen molar-refractivity contribution in [2.24, 2.45) is 0 Å². The summed E-state index contributed by atoms with van der Waals surface area (Å²) in [5.41, 5.74) is -1.72. The van der Waals surface area contributed by atoms with Crippen LogP contribution in [0.5, 0.6) is 0 Å². The van der Waals surface area contributed by atoms with Gasteiger partial charge in [0.15, 0.2) is 5.82 Å². The maximum atomic E-state index is 14.6. The third-order valence-corrected chi connectivity index (χ3v) is 7.61. The number of hydrogen-bond acceptors (Lipinski definition) is 5. The van der Waals surface area contributed by atoms with Crippen molar-refractivity contribution < 1.29 is 22.4 Å². The number of nitrogens with one attached hydrogen (secondary N) is 2. The van der Waals surface area contributed by atoms with Crippen molar-refractivity contribution in [1.29, 1.82) is 0 Å². The highest BCUT2D eigenvalue weighted by Crippen LogP contribution is 2.51. The molecule has 1 spiro atoms. The van der Waals surface area contributed by atoms with Gasteiger partial charge in [0.1, 0.15) is 17.0 Å². The zero-order valence-corrected chi connectivity index (χ0v) is 21.5. The summed E-state index contributed by atoms with van der Waals surface area (Å²) in [4.78, 5) is 20.7. The molecule has 2 saturated heterocycles. The molecule has 38 heavy (non-hydrogen) atoms. The molecule has 2 amide bonds. The number of alkyl halides is 4. The van der Waals surface area contributed by atoms with E-state index >= 15 is 0 Å². The first-order chi connectivity index (χ1) is 17.7. The van der Waals surface area contributed by atoms with Crippen LogP contribution in [0.15, 0.2) is 18.5 Å². The summed E-state index contributed by atoms with van der Waals surface area (Å²) >= 11 is 0. The van der Waals surface area contributed by atoms with Gasteiger partial charge in [0.05, 0.1) is 54.7 Å². The number of nitrogens with zero attached hydrogens (tertiary/aromatic N) is 6. The summed E-state index contributed by atoms with van der Waals surface area (Å²) in [6, 6.07) is 1.09. The van der Waals surface area contributed by atoms with Crippen molar-refractivity contribution >= 4 is 28.4 Å². The van der Waals surface area contributed by atoms with Gasteiger partial charge in [0, 0.05) is 18.2 Å². The zero-order valence-electron chi connectivity index (χ0n) is 21.5. The SMILES string of the molecule is CC(C)(F)Cn1nc(N2CC(C)(F)C2)c2cnc(-c3[nH]ncc3NC(=O)N3CC(F)(F)CCC34CC4)cc21. The number of rotatable bonds is 5. The molecule has 3 fully saturated rings. The molecule has 1 saturated carbocycles. The lowest BCUT2D eigenvalue weighted by atomic mass is 9.97. The number of pyridine rings is 1. The largest absolute Gasteiger partial charge is 0.348 e. The molecular formula is C25H30F4N8O. The van der Waals surface area contributed by atoms with Crippen LogP contribution in [0.3, 0.4) is 0 Å². The van der Waals surface area contributed by atoms with Crippen LogP contribution in [0.1, 0.15) is 46.5 Å². The number of halogens is 4. The maximum Gasteiger partial charge on any atom is 0.322 e. The minimum Gasteiger partial charge on any atom is -0.348 e. The third kappa shape index (κ3) is 4.45. The number of H-pyrrole nitrogens is 1. The molecule has 0 aromatic carbocycles. The summed E-state index contributed by atoms with van der Waals surface area (Å²) in [5, 5.41) is 14.8. The first-order valence-corrected chi connectivity index (χ1v) is 12.7. The van der Waals surface area contributed by atoms with Crippen LogP contribution in [0.4, 0.5) is 33.9 Å². The molecule has 3 aliphatic rings. The molecule has 0 bridgehead atoms. The van der Waals surface area contributed by atoms with Gasteiger partial charge < -0.3 is 15.1 Å². The minimum atomic E-state index is -2.92. The lowest BCUT2D eigenvalue weighted by Gasteiger charge is -2.42. The number of likely N-dealkylation sites (tertiary alicyclic amines) is 1. The van der Waals surface area contributed by atoms with E-state index in [1.807, 2.05) is 0 Å². The van der Waals surface area contributed by atoms with Gasteiger partial charge in [0.2, 0.25) is 0 Å². The topological polar surface area (TPSA) is 95.0 Å². The summed E-state index contributed by atoms with van der Waals surface area (Å²) in [7, 11) is 0. The fourth-order valence-electron chi connectivity index (χ4n) is 5.54. The van der Waals surface area contributed by atoms with E-state index in [0.717, 1.165) is 0 Å². The summed E-state index contributed by atoms with van der Waals surface area (Å²) in [5.74, 6) is -2.40. The Hall–Kier alpha value is -3.38. The van der Waals surface area contributed by atoms with Gasteiger partial charge in [-0.3, -0.25) is 14.8 Å². The van der Waals surface area contributed by atoms with Gasteiger partial charge in [-0.25, -0.2) is 22.4 Å². The van der Waals surface area contributed by atoms with Crippen LogP contribution in [-0.2, 0) is 6.54 Å². The van der Waals surface area contributed by atoms with Gasteiger partial charge in [-0.2, -0.15) is 10.2 Å². The van der Waals surface area contributed by atoms with Crippen LogP contribution in [0, 0.1) is 0 Å². The fourth-order valence-corrected chi connectivity index (χ4v) is 5.54. The predicted molar refractivity (Wildman–Crippen MR) is 134 cm³/mol. The summed E-state index contributed by atoms with van der Waals surface area (Å²) in [6.45, 7) is 4.11. The Balaban J connectivity index is 1.31. The number of carbonyl (C=O) groups excluding carboxylic acids is 1. The quantitative estimate of drug-likeness (QED) is 0.454. The van der Waals surface area contributed by atoms with Gasteiger partial charge in [0.25, 0.3) is 5.92 Å². The molecule has 9 nitrogen and oxygen atoms in total. The van der Waals surface area contributed by atoms with Crippen LogP contribution in [0.25, 0.3) is 22.3 Å². The smallest absolute Gasteiger partial charge is 0.322 e. The van der Waals surface area contributed by atoms with Crippen LogP contribution >= 0.6 is 0 Å². The standard InChI is InChI=1S/C25H30F4N8O/c1-22(2,26)11-37-18-8-16(30-9-15(18)20(34-37)35-12-23(3,27)13-35)19-17(10-31-33-19)32-21(38)36-14-25(28,29)7-6-24(36)4-5-24/h8-10H,4-7,11-14H2,1-3H3,(H,31,33)(H,32,38). The van der Waals surface area contributed by atoms with E-state index in [4.69, 9.17) is 0 Å². The number of hydrogen-bond donors (Lipinski definition) is 2. The lowest BCUT2D eigenvalue weighted by Crippen LogP contribution is -2.57. The molecule has 3 aromatic rings. The normalized spacial score (nSPS) is 21.6. The Morgan fingerprint density at radius 2 is 1.84 bits per heavy atom. The van der Waals surface area contributed by atoms with E-state index in [-0.39, 0.29) is 32.5 Å². The highest BCUT2D eigenvalue weighted by Gasteiger charge is 2.57. The average Bonchev–Trinajstić information content (AvgIpc) is 3.29. The van der Waals surface area contributed by atoms with Crippen LogP contribution in [-0.4, -0.2) is 78.3 Å². The monoisotopic (exact) mass is 534 g/mol. The number of urea groups is 1. The first-order valence-electron chi connectivity index (χ1n) is 12.7. The Kier molecular flexibility index (Phi) is 5.29. The number of piperidine rings is 1. The van der Waals surface area contributed by atoms with E-state index in [1.54, 1.807) is 17.2 Å². The number of carbonyl (C=O) groups is 1. The lowest BCUT2D eigenvalue weighted by molar-refractivity contribution is -0.0721. The molecule has 5 heterocycles. The first kappa shape index (κ1) is 24.9. The minimum absolute atomic E-state index is 0.0362. The van der Waals surface area contributed by atoms with Crippen molar-refractivity contribution in [3.8, 4) is 11.4 Å². The number of aromatic nitrogens is 5. The zero-order chi connectivity index (χ0) is 27.1. The maximum absolute atomic E-state index is 14.6. The number of anilines is 2. The number of aromatic amines is 1. The second-order valence-electron chi connectivity index (χ2n) is 11.8. The molecule has 13 heteroatoms. The van der Waals surface area contributed by atoms with Crippen LogP contribution in [0.2, 0.25) is 0 Å². The van der Waals surface area contributed by atoms with E-state index < -0.39 is 35.4 Å². The molecule has 2 N–H and O–H groups in total. The third-order valence-electron chi connectivity index (χ3n) is 7.61. The number of amides is 2. The second-order valence-corrected chi connectivity index (χ2v) is 11.8. The van der Waals surface area contributed by atoms with E-state index in [1.165, 1.54) is 36.5 Å². The summed E-state index contributed by atoms with van der Waals surface area (Å²) in [6.07, 6.45) is 4.46. The van der Waals surface area contributed by atoms with Crippen molar-refractivity contribution in [2.75, 3.05) is 29.9 Å². The van der Waals surface area contributed by atoms with Gasteiger partial charge in [-0.15, -0.1) is 0 Å². The fraction of sp³-hybridized carbons (Fsp3) is 0.600. The summed E-state index contributed by atoms with van der Waals surface area (Å²) < 4.78 is 58.6. The Labute approximate surface area is 216 Å².